The Morgan fingerprint density at radius 3 is 2.94 bits per heavy atom. The van der Waals surface area contributed by atoms with E-state index in [9.17, 15) is 0 Å². The molecule has 2 N–H and O–H groups in total. The Kier molecular flexibility index (Phi) is 4.40. The van der Waals surface area contributed by atoms with E-state index < -0.39 is 0 Å². The number of aromatic nitrogens is 2. The summed E-state index contributed by atoms with van der Waals surface area (Å²) >= 11 is 0. The molecule has 0 atom stereocenters. The fourth-order valence-corrected chi connectivity index (χ4v) is 1.92. The highest BCUT2D eigenvalue weighted by atomic mass is 16.5. The number of hydrogen-bond donors (Lipinski definition) is 2. The average molecular weight is 251 g/mol. The number of nitrogens with zero attached hydrogens (tertiary/aromatic N) is 3. The Morgan fingerprint density at radius 2 is 2.22 bits per heavy atom. The molecule has 18 heavy (non-hydrogen) atoms. The molecule has 2 rings (SSSR count). The lowest BCUT2D eigenvalue weighted by atomic mass is 9.97. The summed E-state index contributed by atoms with van der Waals surface area (Å²) in [6, 6.07) is 3.13. The topological polar surface area (TPSA) is 96.3 Å². The summed E-state index contributed by atoms with van der Waals surface area (Å²) in [6.45, 7) is 2.27. The van der Waals surface area contributed by atoms with Gasteiger partial charge in [-0.25, -0.2) is 0 Å². The molecular weight excluding hydrogens is 234 g/mol. The third-order valence-corrected chi connectivity index (χ3v) is 3.00. The van der Waals surface area contributed by atoms with Crippen LogP contribution in [0.2, 0.25) is 0 Å². The Morgan fingerprint density at radius 1 is 1.44 bits per heavy atom. The van der Waals surface area contributed by atoms with Crippen molar-refractivity contribution in [1.82, 2.24) is 9.89 Å². The van der Waals surface area contributed by atoms with Crippen molar-refractivity contribution in [1.29, 1.82) is 10.9 Å². The normalized spacial score (nSPS) is 16.4. The maximum absolute atomic E-state index is 7.42. The van der Waals surface area contributed by atoms with Gasteiger partial charge in [-0.1, -0.05) is 5.22 Å². The highest BCUT2D eigenvalue weighted by molar-refractivity contribution is 5.05. The van der Waals surface area contributed by atoms with Gasteiger partial charge in [0, 0.05) is 19.3 Å². The van der Waals surface area contributed by atoms with E-state index in [2.05, 4.69) is 10.3 Å². The lowest BCUT2D eigenvalue weighted by Crippen LogP contribution is -2.20. The van der Waals surface area contributed by atoms with Gasteiger partial charge in [0.1, 0.15) is 0 Å². The van der Waals surface area contributed by atoms with Crippen LogP contribution in [0.4, 0.5) is 0 Å². The number of rotatable bonds is 5. The van der Waals surface area contributed by atoms with E-state index in [1.54, 1.807) is 6.07 Å². The van der Waals surface area contributed by atoms with Crippen molar-refractivity contribution in [3.63, 3.8) is 0 Å². The van der Waals surface area contributed by atoms with Crippen molar-refractivity contribution in [2.45, 2.75) is 19.3 Å². The van der Waals surface area contributed by atoms with Gasteiger partial charge in [-0.15, -0.1) is 9.89 Å². The number of hydrogen-bond acceptors (Lipinski definition) is 6. The predicted molar refractivity (Wildman–Crippen MR) is 62.3 cm³/mol. The second-order valence-electron chi connectivity index (χ2n) is 4.24. The molecule has 0 bridgehead atoms. The minimum absolute atomic E-state index is 0.0572. The van der Waals surface area contributed by atoms with Crippen LogP contribution in [-0.4, -0.2) is 29.7 Å². The molecule has 1 aromatic heterocycles. The highest BCUT2D eigenvalue weighted by Gasteiger charge is 2.13. The fraction of sp³-hybridized carbons (Fsp3) is 0.636. The molecule has 1 saturated heterocycles. The molecule has 0 saturated carbocycles. The van der Waals surface area contributed by atoms with Gasteiger partial charge in [0.15, 0.2) is 5.49 Å². The van der Waals surface area contributed by atoms with E-state index >= 15 is 0 Å². The molecular formula is C11H17N5O2. The first-order valence-electron chi connectivity index (χ1n) is 6.03. The molecule has 98 valence electrons. The van der Waals surface area contributed by atoms with Crippen molar-refractivity contribution in [2.75, 3.05) is 19.8 Å². The van der Waals surface area contributed by atoms with Crippen molar-refractivity contribution >= 4 is 0 Å². The molecule has 2 heterocycles. The smallest absolute Gasteiger partial charge is 0.233 e. The van der Waals surface area contributed by atoms with Gasteiger partial charge < -0.3 is 9.47 Å². The minimum Gasteiger partial charge on any atom is -0.477 e. The predicted octanol–water partition coefficient (Wildman–Crippen LogP) is 1.35. The summed E-state index contributed by atoms with van der Waals surface area (Å²) < 4.78 is 10.8. The maximum Gasteiger partial charge on any atom is 0.233 e. The van der Waals surface area contributed by atoms with Crippen LogP contribution >= 0.6 is 0 Å². The molecule has 0 unspecified atom stereocenters. The quantitative estimate of drug-likeness (QED) is 0.773. The van der Waals surface area contributed by atoms with E-state index in [4.69, 9.17) is 20.4 Å². The molecule has 1 aliphatic heterocycles. The minimum atomic E-state index is 0.0572. The summed E-state index contributed by atoms with van der Waals surface area (Å²) in [4.78, 5) is 0.920. The van der Waals surface area contributed by atoms with Crippen molar-refractivity contribution in [2.24, 2.45) is 11.1 Å². The molecule has 1 aliphatic rings. The van der Waals surface area contributed by atoms with Gasteiger partial charge in [0.05, 0.1) is 6.61 Å². The van der Waals surface area contributed by atoms with Crippen LogP contribution < -0.4 is 10.2 Å². The van der Waals surface area contributed by atoms with Gasteiger partial charge in [-0.2, -0.15) is 5.53 Å². The van der Waals surface area contributed by atoms with Crippen molar-refractivity contribution in [3.05, 3.63) is 17.6 Å². The van der Waals surface area contributed by atoms with Gasteiger partial charge in [-0.05, 0) is 31.2 Å². The zero-order valence-electron chi connectivity index (χ0n) is 10.1. The van der Waals surface area contributed by atoms with Gasteiger partial charge in [0.2, 0.25) is 5.88 Å². The largest absolute Gasteiger partial charge is 0.477 e. The summed E-state index contributed by atoms with van der Waals surface area (Å²) in [6.07, 6.45) is 3.15. The van der Waals surface area contributed by atoms with Crippen molar-refractivity contribution in [3.8, 4) is 5.88 Å². The first-order valence-corrected chi connectivity index (χ1v) is 6.03. The van der Waals surface area contributed by atoms with E-state index in [1.165, 1.54) is 6.07 Å². The molecule has 7 heteroatoms. The zero-order chi connectivity index (χ0) is 12.8. The molecule has 0 amide bonds. The molecule has 0 radical (unpaired) electrons. The van der Waals surface area contributed by atoms with E-state index in [1.807, 2.05) is 0 Å². The lowest BCUT2D eigenvalue weighted by Gasteiger charge is -2.21. The third-order valence-electron chi connectivity index (χ3n) is 3.00. The number of ether oxygens (including phenoxy) is 2. The monoisotopic (exact) mass is 251 g/mol. The summed E-state index contributed by atoms with van der Waals surface area (Å²) in [7, 11) is 0. The molecule has 0 aromatic carbocycles. The first-order chi connectivity index (χ1) is 8.79. The first kappa shape index (κ1) is 12.7. The zero-order valence-corrected chi connectivity index (χ0v) is 10.1. The molecule has 0 spiro atoms. The third kappa shape index (κ3) is 3.36. The van der Waals surface area contributed by atoms with Gasteiger partial charge in [0.25, 0.3) is 0 Å². The molecule has 0 aliphatic carbocycles. The number of nitrogens with one attached hydrogen (secondary N) is 2. The molecule has 1 fully saturated rings. The Balaban J connectivity index is 1.82. The standard InChI is InChI=1S/C11H17N5O2/c12-10-1-2-11(14-16(10)15-13)18-8-5-9-3-6-17-7-4-9/h1-2,9,12-13H,3-8H2. The molecule has 1 aromatic rings. The maximum atomic E-state index is 7.42. The Labute approximate surface area is 105 Å². The fourth-order valence-electron chi connectivity index (χ4n) is 1.92. The summed E-state index contributed by atoms with van der Waals surface area (Å²) in [5.41, 5.74) is 6.91. The van der Waals surface area contributed by atoms with Crippen LogP contribution in [0, 0.1) is 16.9 Å². The van der Waals surface area contributed by atoms with Crippen molar-refractivity contribution < 1.29 is 9.47 Å². The van der Waals surface area contributed by atoms with Gasteiger partial charge >= 0.3 is 0 Å². The average Bonchev–Trinajstić information content (AvgIpc) is 2.42. The Bertz CT molecular complexity index is 453. The second-order valence-corrected chi connectivity index (χ2v) is 4.24. The van der Waals surface area contributed by atoms with E-state index in [0.29, 0.717) is 18.4 Å². The van der Waals surface area contributed by atoms with Crippen LogP contribution in [0.1, 0.15) is 19.3 Å². The van der Waals surface area contributed by atoms with Crippen LogP contribution in [-0.2, 0) is 4.74 Å². The Hall–Kier alpha value is -1.76. The van der Waals surface area contributed by atoms with E-state index in [0.717, 1.165) is 37.3 Å². The second kappa shape index (κ2) is 6.25. The highest BCUT2D eigenvalue weighted by Crippen LogP contribution is 2.18. The lowest BCUT2D eigenvalue weighted by molar-refractivity contribution is 0.0590. The van der Waals surface area contributed by atoms with Gasteiger partial charge in [-0.3, -0.25) is 5.41 Å². The van der Waals surface area contributed by atoms with E-state index in [-0.39, 0.29) is 5.49 Å². The van der Waals surface area contributed by atoms with Crippen LogP contribution in [0.25, 0.3) is 0 Å². The SMILES string of the molecule is N=Nn1nc(OCCC2CCOCC2)ccc1=N. The molecule has 7 nitrogen and oxygen atoms in total. The summed E-state index contributed by atoms with van der Waals surface area (Å²) in [5.74, 6) is 1.05. The van der Waals surface area contributed by atoms with Crippen LogP contribution in [0.5, 0.6) is 5.88 Å². The summed E-state index contributed by atoms with van der Waals surface area (Å²) in [5, 5.41) is 14.4. The van der Waals surface area contributed by atoms with Crippen LogP contribution in [0.3, 0.4) is 0 Å². The van der Waals surface area contributed by atoms with Crippen LogP contribution in [0.15, 0.2) is 17.4 Å².